The van der Waals surface area contributed by atoms with E-state index in [1.807, 2.05) is 12.1 Å². The lowest BCUT2D eigenvalue weighted by molar-refractivity contribution is -0.110. The van der Waals surface area contributed by atoms with Gasteiger partial charge >= 0.3 is 0 Å². The summed E-state index contributed by atoms with van der Waals surface area (Å²) in [6.45, 7) is 3.99. The van der Waals surface area contributed by atoms with Gasteiger partial charge in [0.25, 0.3) is 0 Å². The fourth-order valence-electron chi connectivity index (χ4n) is 3.11. The Balaban J connectivity index is 1.49. The zero-order valence-electron chi connectivity index (χ0n) is 12.7. The van der Waals surface area contributed by atoms with Crippen molar-refractivity contribution in [1.82, 2.24) is 4.90 Å². The maximum Gasteiger partial charge on any atom is 0.173 e. The van der Waals surface area contributed by atoms with Crippen molar-refractivity contribution in [1.29, 1.82) is 5.26 Å². The van der Waals surface area contributed by atoms with E-state index in [1.165, 1.54) is 12.8 Å². The molecule has 0 amide bonds. The third-order valence-corrected chi connectivity index (χ3v) is 4.26. The molecular formula is C17H22N2O3. The zero-order valence-corrected chi connectivity index (χ0v) is 12.7. The maximum absolute atomic E-state index is 8.79. The Morgan fingerprint density at radius 3 is 2.68 bits per heavy atom. The van der Waals surface area contributed by atoms with Crippen molar-refractivity contribution in [2.75, 3.05) is 32.9 Å². The van der Waals surface area contributed by atoms with Gasteiger partial charge in [-0.05, 0) is 43.7 Å². The largest absolute Gasteiger partial charge is 0.492 e. The molecule has 5 nitrogen and oxygen atoms in total. The molecule has 3 rings (SSSR count). The summed E-state index contributed by atoms with van der Waals surface area (Å²) in [4.78, 5) is 2.42. The van der Waals surface area contributed by atoms with E-state index in [0.717, 1.165) is 25.3 Å². The number of ether oxygens (including phenoxy) is 3. The van der Waals surface area contributed by atoms with Crippen LogP contribution in [0.3, 0.4) is 0 Å². The fourth-order valence-corrected chi connectivity index (χ4v) is 3.11. The van der Waals surface area contributed by atoms with Crippen molar-refractivity contribution >= 4 is 0 Å². The lowest BCUT2D eigenvalue weighted by Crippen LogP contribution is -2.48. The molecular weight excluding hydrogens is 280 g/mol. The number of piperidine rings is 1. The summed E-state index contributed by atoms with van der Waals surface area (Å²) < 4.78 is 17.1. The predicted molar refractivity (Wildman–Crippen MR) is 81.6 cm³/mol. The summed E-state index contributed by atoms with van der Waals surface area (Å²) >= 11 is 0. The van der Waals surface area contributed by atoms with Crippen LogP contribution in [0.1, 0.15) is 24.8 Å². The molecule has 0 saturated carbocycles. The number of rotatable bonds is 5. The van der Waals surface area contributed by atoms with Gasteiger partial charge in [-0.2, -0.15) is 5.26 Å². The fraction of sp³-hybridized carbons (Fsp3) is 0.588. The molecule has 0 radical (unpaired) electrons. The third-order valence-electron chi connectivity index (χ3n) is 4.26. The van der Waals surface area contributed by atoms with E-state index in [2.05, 4.69) is 11.0 Å². The van der Waals surface area contributed by atoms with Crippen molar-refractivity contribution < 1.29 is 14.2 Å². The zero-order chi connectivity index (χ0) is 15.2. The Morgan fingerprint density at radius 1 is 1.18 bits per heavy atom. The summed E-state index contributed by atoms with van der Waals surface area (Å²) in [6, 6.07) is 9.69. The molecule has 0 aromatic heterocycles. The molecule has 1 atom stereocenters. The van der Waals surface area contributed by atoms with E-state index >= 15 is 0 Å². The summed E-state index contributed by atoms with van der Waals surface area (Å²) in [5, 5.41) is 8.79. The lowest BCUT2D eigenvalue weighted by Gasteiger charge is -2.37. The molecule has 5 heteroatoms. The Labute approximate surface area is 131 Å². The number of likely N-dealkylation sites (tertiary alicyclic amines) is 1. The average Bonchev–Trinajstić information content (AvgIpc) is 3.10. The molecule has 0 aliphatic carbocycles. The quantitative estimate of drug-likeness (QED) is 0.834. The first-order valence-corrected chi connectivity index (χ1v) is 7.97. The van der Waals surface area contributed by atoms with E-state index in [1.54, 1.807) is 12.1 Å². The Hall–Kier alpha value is -1.61. The van der Waals surface area contributed by atoms with Crippen molar-refractivity contribution in [2.45, 2.75) is 31.6 Å². The molecule has 0 bridgehead atoms. The van der Waals surface area contributed by atoms with Gasteiger partial charge in [0.15, 0.2) is 6.29 Å². The Morgan fingerprint density at radius 2 is 1.95 bits per heavy atom. The normalized spacial score (nSPS) is 23.3. The minimum absolute atomic E-state index is 0.0739. The van der Waals surface area contributed by atoms with Gasteiger partial charge in [-0.1, -0.05) is 6.42 Å². The van der Waals surface area contributed by atoms with Crippen molar-refractivity contribution in [3.8, 4) is 11.8 Å². The van der Waals surface area contributed by atoms with Gasteiger partial charge in [-0.25, -0.2) is 0 Å². The van der Waals surface area contributed by atoms with E-state index in [4.69, 9.17) is 19.5 Å². The van der Waals surface area contributed by atoms with Crippen LogP contribution < -0.4 is 4.74 Å². The van der Waals surface area contributed by atoms with E-state index in [-0.39, 0.29) is 6.29 Å². The first-order valence-electron chi connectivity index (χ1n) is 7.97. The topological polar surface area (TPSA) is 54.7 Å². The predicted octanol–water partition coefficient (Wildman–Crippen LogP) is 2.16. The van der Waals surface area contributed by atoms with Gasteiger partial charge in [0, 0.05) is 6.54 Å². The summed E-state index contributed by atoms with van der Waals surface area (Å²) in [5.41, 5.74) is 0.652. The van der Waals surface area contributed by atoms with Crippen LogP contribution in [0.2, 0.25) is 0 Å². The highest BCUT2D eigenvalue weighted by Gasteiger charge is 2.33. The van der Waals surface area contributed by atoms with Gasteiger partial charge in [0.2, 0.25) is 0 Å². The molecule has 22 heavy (non-hydrogen) atoms. The Kier molecular flexibility index (Phi) is 5.28. The number of hydrogen-bond acceptors (Lipinski definition) is 5. The third kappa shape index (κ3) is 3.77. The van der Waals surface area contributed by atoms with Crippen molar-refractivity contribution in [3.63, 3.8) is 0 Å². The minimum Gasteiger partial charge on any atom is -0.492 e. The van der Waals surface area contributed by atoms with Gasteiger partial charge < -0.3 is 14.2 Å². The second kappa shape index (κ2) is 7.59. The molecule has 2 aliphatic rings. The summed E-state index contributed by atoms with van der Waals surface area (Å²) in [6.07, 6.45) is 3.51. The van der Waals surface area contributed by atoms with Crippen LogP contribution in [0.15, 0.2) is 24.3 Å². The van der Waals surface area contributed by atoms with Crippen LogP contribution in [-0.4, -0.2) is 50.1 Å². The molecule has 2 fully saturated rings. The summed E-state index contributed by atoms with van der Waals surface area (Å²) in [5.74, 6) is 0.806. The van der Waals surface area contributed by atoms with Gasteiger partial charge in [-0.3, -0.25) is 4.90 Å². The van der Waals surface area contributed by atoms with Crippen LogP contribution in [0.4, 0.5) is 0 Å². The van der Waals surface area contributed by atoms with Crippen LogP contribution in [0, 0.1) is 11.3 Å². The second-order valence-corrected chi connectivity index (χ2v) is 5.69. The second-order valence-electron chi connectivity index (χ2n) is 5.69. The molecule has 2 heterocycles. The standard InChI is InChI=1S/C17H22N2O3/c18-13-14-4-6-15(7-5-14)20-10-9-19-8-2-1-3-16(19)17-21-11-12-22-17/h4-7,16-17H,1-3,8-12H2. The van der Waals surface area contributed by atoms with E-state index in [9.17, 15) is 0 Å². The average molecular weight is 302 g/mol. The highest BCUT2D eigenvalue weighted by Crippen LogP contribution is 2.24. The number of benzene rings is 1. The van der Waals surface area contributed by atoms with Gasteiger partial charge in [-0.15, -0.1) is 0 Å². The highest BCUT2D eigenvalue weighted by atomic mass is 16.7. The summed E-state index contributed by atoms with van der Waals surface area (Å²) in [7, 11) is 0. The lowest BCUT2D eigenvalue weighted by atomic mass is 10.0. The number of nitriles is 1. The molecule has 118 valence electrons. The molecule has 2 saturated heterocycles. The Bertz CT molecular complexity index is 506. The minimum atomic E-state index is -0.0739. The van der Waals surface area contributed by atoms with Crippen LogP contribution in [-0.2, 0) is 9.47 Å². The van der Waals surface area contributed by atoms with Crippen molar-refractivity contribution in [2.24, 2.45) is 0 Å². The molecule has 1 aromatic rings. The van der Waals surface area contributed by atoms with Gasteiger partial charge in [0.1, 0.15) is 12.4 Å². The molecule has 0 N–H and O–H groups in total. The highest BCUT2D eigenvalue weighted by molar-refractivity contribution is 5.34. The molecule has 2 aliphatic heterocycles. The van der Waals surface area contributed by atoms with Crippen LogP contribution in [0.25, 0.3) is 0 Å². The van der Waals surface area contributed by atoms with E-state index in [0.29, 0.717) is 31.4 Å². The van der Waals surface area contributed by atoms with Crippen LogP contribution >= 0.6 is 0 Å². The first kappa shape index (κ1) is 15.3. The van der Waals surface area contributed by atoms with Crippen molar-refractivity contribution in [3.05, 3.63) is 29.8 Å². The van der Waals surface area contributed by atoms with Crippen LogP contribution in [0.5, 0.6) is 5.75 Å². The maximum atomic E-state index is 8.79. The van der Waals surface area contributed by atoms with E-state index < -0.39 is 0 Å². The van der Waals surface area contributed by atoms with Gasteiger partial charge in [0.05, 0.1) is 30.9 Å². The molecule has 0 spiro atoms. The SMILES string of the molecule is N#Cc1ccc(OCCN2CCCCC2C2OCCO2)cc1. The first-order chi connectivity index (χ1) is 10.9. The molecule has 1 aromatic carbocycles. The number of hydrogen-bond donors (Lipinski definition) is 0. The molecule has 1 unspecified atom stereocenters. The smallest absolute Gasteiger partial charge is 0.173 e. The number of nitrogens with zero attached hydrogens (tertiary/aromatic N) is 2. The monoisotopic (exact) mass is 302 g/mol.